The molecular formula is C18H20O6. The number of rotatable bonds is 6. The molecule has 0 aromatic heterocycles. The Morgan fingerprint density at radius 1 is 0.708 bits per heavy atom. The molecule has 2 fully saturated rings. The van der Waals surface area contributed by atoms with Crippen LogP contribution in [0.5, 0.6) is 23.0 Å². The summed E-state index contributed by atoms with van der Waals surface area (Å²) in [6.45, 7) is 2.91. The van der Waals surface area contributed by atoms with E-state index in [2.05, 4.69) is 0 Å². The summed E-state index contributed by atoms with van der Waals surface area (Å²) >= 11 is 0. The third-order valence-electron chi connectivity index (χ3n) is 3.35. The molecule has 0 saturated carbocycles. The first kappa shape index (κ1) is 16.4. The number of hydrogen-bond acceptors (Lipinski definition) is 6. The smallest absolute Gasteiger partial charge is 0.119 e. The van der Waals surface area contributed by atoms with Gasteiger partial charge in [-0.05, 0) is 48.5 Å². The van der Waals surface area contributed by atoms with Crippen LogP contribution in [0.2, 0.25) is 0 Å². The summed E-state index contributed by atoms with van der Waals surface area (Å²) in [5.41, 5.74) is 0. The van der Waals surface area contributed by atoms with E-state index < -0.39 is 0 Å². The van der Waals surface area contributed by atoms with Crippen molar-refractivity contribution < 1.29 is 29.2 Å². The maximum Gasteiger partial charge on any atom is 0.119 e. The van der Waals surface area contributed by atoms with Crippen LogP contribution in [0.1, 0.15) is 0 Å². The van der Waals surface area contributed by atoms with Gasteiger partial charge in [-0.2, -0.15) is 0 Å². The van der Waals surface area contributed by atoms with Crippen molar-refractivity contribution >= 4 is 0 Å². The number of hydrogen-bond donors (Lipinski definition) is 2. The van der Waals surface area contributed by atoms with Gasteiger partial charge in [0.1, 0.15) is 48.4 Å². The third kappa shape index (κ3) is 5.98. The molecule has 2 N–H and O–H groups in total. The molecule has 6 heteroatoms. The van der Waals surface area contributed by atoms with Crippen molar-refractivity contribution in [2.24, 2.45) is 0 Å². The maximum absolute atomic E-state index is 8.65. The molecule has 6 nitrogen and oxygen atoms in total. The topological polar surface area (TPSA) is 84.0 Å². The van der Waals surface area contributed by atoms with Gasteiger partial charge in [0.25, 0.3) is 0 Å². The van der Waals surface area contributed by atoms with E-state index in [1.165, 1.54) is 24.3 Å². The van der Waals surface area contributed by atoms with E-state index in [1.807, 2.05) is 24.3 Å². The number of phenolic OH excluding ortho intramolecular Hbond substituents is 2. The summed E-state index contributed by atoms with van der Waals surface area (Å²) in [5, 5.41) is 17.3. The van der Waals surface area contributed by atoms with Crippen molar-refractivity contribution in [1.29, 1.82) is 0 Å². The van der Waals surface area contributed by atoms with Crippen LogP contribution in [0.25, 0.3) is 0 Å². The molecule has 0 bridgehead atoms. The highest BCUT2D eigenvalue weighted by Crippen LogP contribution is 2.20. The van der Waals surface area contributed by atoms with Crippen LogP contribution in [-0.4, -0.2) is 48.8 Å². The van der Waals surface area contributed by atoms with Crippen LogP contribution in [0.3, 0.4) is 0 Å². The highest BCUT2D eigenvalue weighted by atomic mass is 16.6. The lowest BCUT2D eigenvalue weighted by Gasteiger charge is -2.06. The van der Waals surface area contributed by atoms with Gasteiger partial charge in [0.15, 0.2) is 0 Å². The minimum Gasteiger partial charge on any atom is -0.508 e. The highest BCUT2D eigenvalue weighted by molar-refractivity contribution is 5.31. The average Bonchev–Trinajstić information content (AvgIpc) is 3.49. The molecule has 24 heavy (non-hydrogen) atoms. The van der Waals surface area contributed by atoms with E-state index in [0.29, 0.717) is 25.4 Å². The van der Waals surface area contributed by atoms with Crippen molar-refractivity contribution in [3.05, 3.63) is 48.5 Å². The zero-order chi connectivity index (χ0) is 16.8. The monoisotopic (exact) mass is 332 g/mol. The van der Waals surface area contributed by atoms with Crippen LogP contribution in [-0.2, 0) is 9.47 Å². The van der Waals surface area contributed by atoms with E-state index in [0.717, 1.165) is 24.7 Å². The largest absolute Gasteiger partial charge is 0.508 e. The highest BCUT2D eigenvalue weighted by Gasteiger charge is 2.23. The van der Waals surface area contributed by atoms with Crippen molar-refractivity contribution in [2.75, 3.05) is 26.4 Å². The molecule has 0 spiro atoms. The predicted octanol–water partition coefficient (Wildman–Crippen LogP) is 2.34. The minimum absolute atomic E-state index is 0.169. The van der Waals surface area contributed by atoms with Gasteiger partial charge in [0, 0.05) is 0 Å². The summed E-state index contributed by atoms with van der Waals surface area (Å²) in [4.78, 5) is 0. The number of phenols is 2. The number of ether oxygens (including phenoxy) is 4. The molecule has 2 unspecified atom stereocenters. The van der Waals surface area contributed by atoms with Gasteiger partial charge in [-0.3, -0.25) is 0 Å². The van der Waals surface area contributed by atoms with Crippen LogP contribution < -0.4 is 9.47 Å². The molecule has 2 atom stereocenters. The summed E-state index contributed by atoms with van der Waals surface area (Å²) in [5.74, 6) is 2.04. The molecule has 4 rings (SSSR count). The van der Waals surface area contributed by atoms with Gasteiger partial charge >= 0.3 is 0 Å². The quantitative estimate of drug-likeness (QED) is 0.624. The first-order chi connectivity index (χ1) is 11.7. The van der Waals surface area contributed by atoms with E-state index in [4.69, 9.17) is 29.2 Å². The van der Waals surface area contributed by atoms with E-state index in [1.54, 1.807) is 0 Å². The van der Waals surface area contributed by atoms with E-state index in [-0.39, 0.29) is 11.5 Å². The zero-order valence-electron chi connectivity index (χ0n) is 13.1. The van der Waals surface area contributed by atoms with Crippen molar-refractivity contribution in [3.8, 4) is 23.0 Å². The van der Waals surface area contributed by atoms with Gasteiger partial charge < -0.3 is 29.2 Å². The summed E-state index contributed by atoms with van der Waals surface area (Å²) in [6, 6.07) is 13.3. The van der Waals surface area contributed by atoms with Gasteiger partial charge in [0.2, 0.25) is 0 Å². The predicted molar refractivity (Wildman–Crippen MR) is 86.7 cm³/mol. The van der Waals surface area contributed by atoms with Gasteiger partial charge in [-0.15, -0.1) is 0 Å². The fraction of sp³-hybridized carbons (Fsp3) is 0.333. The molecule has 2 aliphatic heterocycles. The molecule has 0 radical (unpaired) electrons. The van der Waals surface area contributed by atoms with Crippen LogP contribution in [0.15, 0.2) is 48.5 Å². The maximum atomic E-state index is 8.65. The molecule has 128 valence electrons. The number of aromatic hydroxyl groups is 2. The van der Waals surface area contributed by atoms with E-state index in [9.17, 15) is 0 Å². The van der Waals surface area contributed by atoms with Crippen LogP contribution in [0, 0.1) is 0 Å². The summed E-state index contributed by atoms with van der Waals surface area (Å²) in [6.07, 6.45) is 0.589. The molecule has 2 aliphatic rings. The molecule has 0 amide bonds. The number of epoxide rings is 2. The standard InChI is InChI=1S/C12H14O4.C6H6O2/c1-2-10(14-6-12-8-16-12)4-3-9(1)13-5-11-7-15-11;7-5-1-2-6(8)4-3-5/h1-4,11-12H,5-8H2;1-4,7-8H. The lowest BCUT2D eigenvalue weighted by atomic mass is 10.3. The van der Waals surface area contributed by atoms with Crippen molar-refractivity contribution in [3.63, 3.8) is 0 Å². The lowest BCUT2D eigenvalue weighted by molar-refractivity contribution is 0.257. The first-order valence-corrected chi connectivity index (χ1v) is 7.76. The average molecular weight is 332 g/mol. The fourth-order valence-electron chi connectivity index (χ4n) is 1.79. The normalized spacial score (nSPS) is 20.5. The fourth-order valence-corrected chi connectivity index (χ4v) is 1.79. The Morgan fingerprint density at radius 3 is 1.33 bits per heavy atom. The molecule has 2 aromatic carbocycles. The van der Waals surface area contributed by atoms with Crippen molar-refractivity contribution in [2.45, 2.75) is 12.2 Å². The Labute approximate surface area is 140 Å². The second-order valence-corrected chi connectivity index (χ2v) is 5.52. The van der Waals surface area contributed by atoms with Crippen molar-refractivity contribution in [1.82, 2.24) is 0 Å². The van der Waals surface area contributed by atoms with Gasteiger partial charge in [-0.25, -0.2) is 0 Å². The molecule has 2 saturated heterocycles. The summed E-state index contributed by atoms with van der Waals surface area (Å²) in [7, 11) is 0. The molecule has 2 aromatic rings. The minimum atomic E-state index is 0.169. The Balaban J connectivity index is 0.000000179. The first-order valence-electron chi connectivity index (χ1n) is 7.76. The van der Waals surface area contributed by atoms with Gasteiger partial charge in [0.05, 0.1) is 13.2 Å². The Morgan fingerprint density at radius 2 is 1.04 bits per heavy atom. The zero-order valence-corrected chi connectivity index (χ0v) is 13.1. The Hall–Kier alpha value is -2.44. The number of benzene rings is 2. The van der Waals surface area contributed by atoms with Crippen LogP contribution in [0.4, 0.5) is 0 Å². The van der Waals surface area contributed by atoms with Crippen LogP contribution >= 0.6 is 0 Å². The Kier molecular flexibility index (Phi) is 5.40. The third-order valence-corrected chi connectivity index (χ3v) is 3.35. The summed E-state index contributed by atoms with van der Waals surface area (Å²) < 4.78 is 21.2. The second kappa shape index (κ2) is 7.90. The SMILES string of the molecule is Oc1ccc(O)cc1.c1cc(OCC2CO2)ccc1OCC1CO1. The molecule has 2 heterocycles. The van der Waals surface area contributed by atoms with Gasteiger partial charge in [-0.1, -0.05) is 0 Å². The van der Waals surface area contributed by atoms with E-state index >= 15 is 0 Å². The second-order valence-electron chi connectivity index (χ2n) is 5.52. The Bertz CT molecular complexity index is 561. The lowest BCUT2D eigenvalue weighted by Crippen LogP contribution is -2.05. The molecule has 0 aliphatic carbocycles. The molecular weight excluding hydrogens is 312 g/mol.